The number of nitrogens with one attached hydrogen (secondary N) is 1. The van der Waals surface area contributed by atoms with Crippen molar-refractivity contribution in [1.29, 1.82) is 0 Å². The lowest BCUT2D eigenvalue weighted by molar-refractivity contribution is -0.162. The fourth-order valence-electron chi connectivity index (χ4n) is 8.00. The molecule has 1 aromatic carbocycles. The van der Waals surface area contributed by atoms with Gasteiger partial charge in [-0.1, -0.05) is 56.2 Å². The van der Waals surface area contributed by atoms with Crippen molar-refractivity contribution in [2.24, 2.45) is 11.7 Å². The fourth-order valence-corrected chi connectivity index (χ4v) is 9.29. The maximum Gasteiger partial charge on any atom is 0.409 e. The number of methoxy groups -OCH3 is 2. The number of aliphatic hydroxyl groups is 1. The Hall–Kier alpha value is -4.24. The van der Waals surface area contributed by atoms with Crippen LogP contribution in [0.25, 0.3) is 0 Å². The number of rotatable bonds is 17. The minimum Gasteiger partial charge on any atom is -0.495 e. The summed E-state index contributed by atoms with van der Waals surface area (Å²) in [5.74, 6) is -2.13. The van der Waals surface area contributed by atoms with Gasteiger partial charge in [0.15, 0.2) is 11.4 Å². The second-order valence-corrected chi connectivity index (χ2v) is 20.6. The van der Waals surface area contributed by atoms with E-state index in [0.29, 0.717) is 50.5 Å². The van der Waals surface area contributed by atoms with Gasteiger partial charge in [-0.25, -0.2) is 9.59 Å². The highest BCUT2D eigenvalue weighted by Crippen LogP contribution is 2.55. The Morgan fingerprint density at radius 2 is 1.82 bits per heavy atom. The van der Waals surface area contributed by atoms with Gasteiger partial charge < -0.3 is 54.0 Å². The lowest BCUT2D eigenvalue weighted by Crippen LogP contribution is -2.65. The van der Waals surface area contributed by atoms with Gasteiger partial charge in [-0.3, -0.25) is 24.5 Å². The van der Waals surface area contributed by atoms with Gasteiger partial charge in [-0.2, -0.15) is 0 Å². The number of carbonyl (C=O) groups excluding carboxylic acids is 6. The predicted octanol–water partition coefficient (Wildman–Crippen LogP) is 4.55. The Morgan fingerprint density at radius 1 is 1.13 bits per heavy atom. The molecule has 20 heteroatoms. The van der Waals surface area contributed by atoms with Crippen molar-refractivity contribution < 1.29 is 62.3 Å². The summed E-state index contributed by atoms with van der Waals surface area (Å²) in [4.78, 5) is 83.3. The van der Waals surface area contributed by atoms with E-state index in [0.717, 1.165) is 11.1 Å². The highest BCUT2D eigenvalue weighted by molar-refractivity contribution is 8.01. The number of halogens is 1. The number of ketones is 1. The van der Waals surface area contributed by atoms with E-state index in [4.69, 9.17) is 45.8 Å². The SMILES string of the molecule is COc1cc2cc(c1Cl)N(C)C(=O)C[C@H](OC(=O)[C@H](C)N(C)C(=O)CCC(C)(C)SCC(=O)N(C)CCOCCC(C)=O)[C@]1(C)O[C@@]1(N)[C@H](C)[C@@H]1C[C@@](O)(NC(=O)O1)[C@H](OC)/C=C/C=C(\C)C2. The summed E-state index contributed by atoms with van der Waals surface area (Å²) in [6.07, 6.45) is 1.38. The van der Waals surface area contributed by atoms with Crippen LogP contribution < -0.4 is 20.7 Å². The third kappa shape index (κ3) is 13.7. The molecule has 4 N–H and O–H groups in total. The lowest BCUT2D eigenvalue weighted by Gasteiger charge is -2.43. The Balaban J connectivity index is 1.56. The van der Waals surface area contributed by atoms with Crippen LogP contribution in [-0.2, 0) is 54.1 Å². The second-order valence-electron chi connectivity index (χ2n) is 18.5. The second kappa shape index (κ2) is 22.9. The van der Waals surface area contributed by atoms with Gasteiger partial charge in [0.25, 0.3) is 0 Å². The van der Waals surface area contributed by atoms with Gasteiger partial charge in [-0.05, 0) is 58.2 Å². The highest BCUT2D eigenvalue weighted by Gasteiger charge is 2.74. The molecular weight excluding hydrogens is 910 g/mol. The zero-order chi connectivity index (χ0) is 50.2. The number of hydrogen-bond acceptors (Lipinski definition) is 15. The molecule has 4 bridgehead atoms. The monoisotopic (exact) mass is 979 g/mol. The first-order valence-electron chi connectivity index (χ1n) is 22.3. The van der Waals surface area contributed by atoms with E-state index in [9.17, 15) is 33.9 Å². The molecule has 67 heavy (non-hydrogen) atoms. The Labute approximate surface area is 403 Å². The first-order valence-corrected chi connectivity index (χ1v) is 23.7. The number of nitrogens with two attached hydrogens (primary N) is 1. The Kier molecular flexibility index (Phi) is 18.9. The zero-order valence-electron chi connectivity index (χ0n) is 40.9. The van der Waals surface area contributed by atoms with Gasteiger partial charge >= 0.3 is 12.1 Å². The Morgan fingerprint density at radius 3 is 2.46 bits per heavy atom. The number of thioether (sulfide) groups is 1. The van der Waals surface area contributed by atoms with Crippen LogP contribution in [0.3, 0.4) is 0 Å². The average molecular weight is 981 g/mol. The molecule has 0 radical (unpaired) electrons. The first-order chi connectivity index (χ1) is 31.2. The van der Waals surface area contributed by atoms with Gasteiger partial charge in [0.05, 0.1) is 38.2 Å². The molecule has 1 aromatic rings. The number of ether oxygens (including phenoxy) is 6. The van der Waals surface area contributed by atoms with Crippen LogP contribution in [0, 0.1) is 5.92 Å². The highest BCUT2D eigenvalue weighted by atomic mass is 35.5. The van der Waals surface area contributed by atoms with Crippen LogP contribution in [0.2, 0.25) is 5.02 Å². The summed E-state index contributed by atoms with van der Waals surface area (Å²) in [6.45, 7) is 13.0. The maximum atomic E-state index is 14.4. The number of allylic oxidation sites excluding steroid dienone is 3. The fraction of sp³-hybridized carbons (Fsp3) is 0.660. The van der Waals surface area contributed by atoms with Gasteiger partial charge in [0.2, 0.25) is 17.7 Å². The van der Waals surface area contributed by atoms with Gasteiger partial charge in [-0.15, -0.1) is 11.8 Å². The van der Waals surface area contributed by atoms with Crippen LogP contribution >= 0.6 is 23.4 Å². The molecule has 3 aliphatic heterocycles. The minimum absolute atomic E-state index is 0.0340. The summed E-state index contributed by atoms with van der Waals surface area (Å²) in [5.41, 5.74) is 3.83. The number of epoxide rings is 1. The number of fused-ring (bicyclic) bond motifs is 5. The molecule has 0 spiro atoms. The largest absolute Gasteiger partial charge is 0.495 e. The molecular formula is C47H70ClN5O13S. The van der Waals surface area contributed by atoms with Crippen molar-refractivity contribution >= 4 is 64.6 Å². The summed E-state index contributed by atoms with van der Waals surface area (Å²) in [5, 5.41) is 14.5. The topological polar surface area (TPSA) is 229 Å². The standard InChI is InChI=1S/C47H70ClN5O13S/c1-28-14-13-15-36(62-12)46(60)26-35(64-43(59)50-46)30(3)47(49)45(7,66-47)37(25-39(56)53(10)33-23-32(22-28)24-34(61-11)41(33)48)65-42(58)31(4)52(9)38(55)16-18-44(5,6)67-27-40(57)51(8)19-21-63-20-17-29(2)54/h13-15,23-24,30-31,35-37,60H,16-22,25-27,49H2,1-12H3,(H,50,59)/b15-13+,28-14+/t30-,31+,35+,36-,37+,45+,46+,47+/m1/s1. The molecule has 18 nitrogen and oxygen atoms in total. The number of benzene rings is 1. The predicted molar refractivity (Wildman–Crippen MR) is 254 cm³/mol. The van der Waals surface area contributed by atoms with Gasteiger partial charge in [0.1, 0.15) is 46.5 Å². The molecule has 8 atom stereocenters. The molecule has 0 saturated carbocycles. The quantitative estimate of drug-likeness (QED) is 0.111. The maximum absolute atomic E-state index is 14.4. The molecule has 3 heterocycles. The number of nitrogens with zero attached hydrogens (tertiary/aromatic N) is 3. The summed E-state index contributed by atoms with van der Waals surface area (Å²) in [6, 6.07) is 2.40. The average Bonchev–Trinajstić information content (AvgIpc) is 3.85. The third-order valence-electron chi connectivity index (χ3n) is 13.0. The van der Waals surface area contributed by atoms with E-state index in [1.54, 1.807) is 50.1 Å². The van der Waals surface area contributed by atoms with Crippen LogP contribution in [0.15, 0.2) is 35.9 Å². The number of Topliss-reactive ketones (excluding diaryl/α,β-unsaturated/α-hetero) is 1. The number of carbonyl (C=O) groups is 6. The molecule has 3 aliphatic rings. The number of likely N-dealkylation sites (N-methyl/N-ethyl adjacent to an activating group) is 2. The molecule has 0 aromatic heterocycles. The summed E-state index contributed by atoms with van der Waals surface area (Å²) >= 11 is 8.22. The van der Waals surface area contributed by atoms with Crippen molar-refractivity contribution in [3.63, 3.8) is 0 Å². The first kappa shape index (κ1) is 55.4. The normalized spacial score (nSPS) is 28.4. The molecule has 0 unspecified atom stereocenters. The molecule has 2 saturated heterocycles. The summed E-state index contributed by atoms with van der Waals surface area (Å²) in [7, 11) is 7.56. The molecule has 374 valence electrons. The van der Waals surface area contributed by atoms with Crippen molar-refractivity contribution in [3.05, 3.63) is 46.5 Å². The smallest absolute Gasteiger partial charge is 0.409 e. The van der Waals surface area contributed by atoms with Crippen molar-refractivity contribution in [2.75, 3.05) is 65.8 Å². The summed E-state index contributed by atoms with van der Waals surface area (Å²) < 4.78 is 34.3. The molecule has 2 fully saturated rings. The van der Waals surface area contributed by atoms with Crippen LogP contribution in [-0.4, -0.2) is 157 Å². The van der Waals surface area contributed by atoms with Crippen molar-refractivity contribution in [2.45, 2.75) is 133 Å². The van der Waals surface area contributed by atoms with E-state index < -0.39 is 76.5 Å². The van der Waals surface area contributed by atoms with E-state index in [2.05, 4.69) is 5.32 Å². The van der Waals surface area contributed by atoms with Crippen molar-refractivity contribution in [3.8, 4) is 5.75 Å². The van der Waals surface area contributed by atoms with E-state index in [1.807, 2.05) is 26.8 Å². The van der Waals surface area contributed by atoms with Gasteiger partial charge in [0, 0.05) is 64.7 Å². The number of alkyl carbamates (subject to hydrolysis) is 1. The number of esters is 1. The van der Waals surface area contributed by atoms with Crippen LogP contribution in [0.4, 0.5) is 10.5 Å². The van der Waals surface area contributed by atoms with E-state index in [-0.39, 0.29) is 41.2 Å². The molecule has 4 rings (SSSR count). The number of anilines is 1. The molecule has 0 aliphatic carbocycles. The lowest BCUT2D eigenvalue weighted by atomic mass is 9.80. The minimum atomic E-state index is -1.93. The van der Waals surface area contributed by atoms with Crippen LogP contribution in [0.1, 0.15) is 86.1 Å². The third-order valence-corrected chi connectivity index (χ3v) is 14.8. The van der Waals surface area contributed by atoms with E-state index >= 15 is 0 Å². The number of amides is 4. The van der Waals surface area contributed by atoms with Crippen molar-refractivity contribution in [1.82, 2.24) is 15.1 Å². The van der Waals surface area contributed by atoms with E-state index in [1.165, 1.54) is 63.7 Å². The molecule has 4 amide bonds. The zero-order valence-corrected chi connectivity index (χ0v) is 42.5. The Bertz CT molecular complexity index is 2070. The number of hydrogen-bond donors (Lipinski definition) is 3. The van der Waals surface area contributed by atoms with Crippen LogP contribution in [0.5, 0.6) is 5.75 Å².